The topological polar surface area (TPSA) is 59.8 Å². The fourth-order valence-electron chi connectivity index (χ4n) is 3.11. The number of benzene rings is 1. The smallest absolute Gasteiger partial charge is 0.268 e. The van der Waals surface area contributed by atoms with Crippen molar-refractivity contribution in [3.63, 3.8) is 0 Å². The van der Waals surface area contributed by atoms with E-state index in [0.717, 1.165) is 27.7 Å². The normalized spacial score (nSPS) is 10.9. The summed E-state index contributed by atoms with van der Waals surface area (Å²) in [6, 6.07) is 15.1. The maximum Gasteiger partial charge on any atom is 0.268 e. The van der Waals surface area contributed by atoms with E-state index in [-0.39, 0.29) is 5.91 Å². The molecule has 134 valence electrons. The van der Waals surface area contributed by atoms with Crippen molar-refractivity contribution in [3.05, 3.63) is 83.4 Å². The summed E-state index contributed by atoms with van der Waals surface area (Å²) in [5.74, 6) is -0.152. The Morgan fingerprint density at radius 2 is 2.04 bits per heavy atom. The molecular weight excluding hydrogens is 360 g/mol. The number of fused-ring (bicyclic) bond motifs is 1. The van der Waals surface area contributed by atoms with Gasteiger partial charge in [0, 0.05) is 42.0 Å². The molecule has 0 aliphatic heterocycles. The van der Waals surface area contributed by atoms with Crippen LogP contribution in [0, 0.1) is 0 Å². The molecule has 0 atom stereocenters. The van der Waals surface area contributed by atoms with E-state index in [9.17, 15) is 4.79 Å². The number of carbonyl (C=O) groups is 1. The summed E-state index contributed by atoms with van der Waals surface area (Å²) in [5.41, 5.74) is 4.12. The molecule has 1 aromatic carbocycles. The molecule has 4 rings (SSSR count). The van der Waals surface area contributed by atoms with Crippen LogP contribution in [-0.4, -0.2) is 20.4 Å². The number of carbonyl (C=O) groups excluding carboxylic acids is 1. The van der Waals surface area contributed by atoms with E-state index in [1.807, 2.05) is 60.1 Å². The highest BCUT2D eigenvalue weighted by molar-refractivity contribution is 6.30. The van der Waals surface area contributed by atoms with Crippen molar-refractivity contribution in [1.82, 2.24) is 19.9 Å². The van der Waals surface area contributed by atoms with Crippen LogP contribution in [0.3, 0.4) is 0 Å². The van der Waals surface area contributed by atoms with Crippen LogP contribution in [0.2, 0.25) is 5.02 Å². The third-order valence-electron chi connectivity index (χ3n) is 4.49. The zero-order valence-electron chi connectivity index (χ0n) is 14.7. The predicted molar refractivity (Wildman–Crippen MR) is 107 cm³/mol. The van der Waals surface area contributed by atoms with E-state index in [0.29, 0.717) is 17.3 Å². The summed E-state index contributed by atoms with van der Waals surface area (Å²) < 4.78 is 1.85. The van der Waals surface area contributed by atoms with Crippen LogP contribution >= 0.6 is 11.6 Å². The largest absolute Gasteiger partial charge is 0.347 e. The second-order valence-corrected chi connectivity index (χ2v) is 6.67. The van der Waals surface area contributed by atoms with Crippen LogP contribution in [0.25, 0.3) is 22.2 Å². The number of halogens is 1. The zero-order valence-corrected chi connectivity index (χ0v) is 15.4. The first-order valence-corrected chi connectivity index (χ1v) is 8.89. The van der Waals surface area contributed by atoms with Crippen molar-refractivity contribution in [3.8, 4) is 11.3 Å². The number of amides is 1. The van der Waals surface area contributed by atoms with Crippen LogP contribution in [0.15, 0.2) is 67.1 Å². The molecule has 0 aliphatic rings. The summed E-state index contributed by atoms with van der Waals surface area (Å²) >= 11 is 6.00. The number of pyridine rings is 2. The van der Waals surface area contributed by atoms with Gasteiger partial charge in [-0.15, -0.1) is 0 Å². The number of nitrogens with one attached hydrogen (secondary N) is 1. The molecule has 0 fully saturated rings. The number of nitrogens with zero attached hydrogens (tertiary/aromatic N) is 3. The maximum atomic E-state index is 12.7. The van der Waals surface area contributed by atoms with Gasteiger partial charge in [0.05, 0.1) is 17.4 Å². The Morgan fingerprint density at radius 3 is 2.81 bits per heavy atom. The second-order valence-electron chi connectivity index (χ2n) is 6.24. The van der Waals surface area contributed by atoms with Gasteiger partial charge < -0.3 is 9.88 Å². The molecule has 5 nitrogen and oxygen atoms in total. The van der Waals surface area contributed by atoms with Gasteiger partial charge in [-0.25, -0.2) is 0 Å². The summed E-state index contributed by atoms with van der Waals surface area (Å²) in [7, 11) is 1.86. The van der Waals surface area contributed by atoms with Gasteiger partial charge >= 0.3 is 0 Å². The Bertz CT molecular complexity index is 1120. The molecule has 4 aromatic rings. The molecule has 6 heteroatoms. The minimum absolute atomic E-state index is 0.152. The third-order valence-corrected chi connectivity index (χ3v) is 4.72. The molecule has 0 spiro atoms. The molecule has 27 heavy (non-hydrogen) atoms. The first-order chi connectivity index (χ1) is 13.1. The maximum absolute atomic E-state index is 12.7. The van der Waals surface area contributed by atoms with Crippen molar-refractivity contribution in [1.29, 1.82) is 0 Å². The highest BCUT2D eigenvalue weighted by Crippen LogP contribution is 2.28. The highest BCUT2D eigenvalue weighted by atomic mass is 35.5. The van der Waals surface area contributed by atoms with Crippen LogP contribution in [-0.2, 0) is 13.6 Å². The average molecular weight is 377 g/mol. The average Bonchev–Trinajstić information content (AvgIpc) is 3.04. The minimum atomic E-state index is -0.152. The first-order valence-electron chi connectivity index (χ1n) is 8.51. The van der Waals surface area contributed by atoms with Crippen LogP contribution in [0.5, 0.6) is 0 Å². The number of hydrogen-bond acceptors (Lipinski definition) is 3. The van der Waals surface area contributed by atoms with Crippen molar-refractivity contribution in [2.24, 2.45) is 7.05 Å². The minimum Gasteiger partial charge on any atom is -0.347 e. The second kappa shape index (κ2) is 7.21. The summed E-state index contributed by atoms with van der Waals surface area (Å²) in [6.07, 6.45) is 5.28. The van der Waals surface area contributed by atoms with E-state index in [1.54, 1.807) is 18.6 Å². The van der Waals surface area contributed by atoms with Crippen LogP contribution in [0.1, 0.15) is 16.1 Å². The van der Waals surface area contributed by atoms with E-state index < -0.39 is 0 Å². The van der Waals surface area contributed by atoms with Gasteiger partial charge in [0.25, 0.3) is 5.91 Å². The molecule has 1 amide bonds. The fourth-order valence-corrected chi connectivity index (χ4v) is 3.32. The lowest BCUT2D eigenvalue weighted by Gasteiger charge is -2.07. The van der Waals surface area contributed by atoms with Crippen molar-refractivity contribution in [2.75, 3.05) is 0 Å². The monoisotopic (exact) mass is 376 g/mol. The molecule has 1 N–H and O–H groups in total. The van der Waals surface area contributed by atoms with Crippen molar-refractivity contribution >= 4 is 28.4 Å². The molecule has 3 heterocycles. The molecular formula is C21H17ClN4O. The first kappa shape index (κ1) is 17.2. The lowest BCUT2D eigenvalue weighted by molar-refractivity contribution is 0.0943. The molecule has 0 unspecified atom stereocenters. The molecule has 0 saturated carbocycles. The molecule has 0 saturated heterocycles. The lowest BCUT2D eigenvalue weighted by Crippen LogP contribution is -2.24. The number of aryl methyl sites for hydroxylation is 1. The standard InChI is InChI=1S/C21H17ClN4O/c1-26-19(21(27)25-11-14-5-4-6-15(22)9-14)10-16-17(12-23-13-20(16)26)18-7-2-3-8-24-18/h2-10,12-13H,11H2,1H3,(H,25,27). The van der Waals surface area contributed by atoms with E-state index >= 15 is 0 Å². The SMILES string of the molecule is Cn1c(C(=O)NCc2cccc(Cl)c2)cc2c(-c3ccccn3)cncc21. The van der Waals surface area contributed by atoms with Gasteiger partial charge in [0.2, 0.25) is 0 Å². The van der Waals surface area contributed by atoms with Crippen LogP contribution in [0.4, 0.5) is 0 Å². The lowest BCUT2D eigenvalue weighted by atomic mass is 10.1. The zero-order chi connectivity index (χ0) is 18.8. The van der Waals surface area contributed by atoms with Gasteiger partial charge in [-0.1, -0.05) is 29.8 Å². The Labute approximate surface area is 161 Å². The predicted octanol–water partition coefficient (Wildman–Crippen LogP) is 4.22. The number of aromatic nitrogens is 3. The van der Waals surface area contributed by atoms with Gasteiger partial charge in [0.15, 0.2) is 0 Å². The Hall–Kier alpha value is -3.18. The fraction of sp³-hybridized carbons (Fsp3) is 0.0952. The van der Waals surface area contributed by atoms with E-state index in [4.69, 9.17) is 11.6 Å². The van der Waals surface area contributed by atoms with Gasteiger partial charge in [0.1, 0.15) is 5.69 Å². The third kappa shape index (κ3) is 3.41. The molecule has 0 radical (unpaired) electrons. The van der Waals surface area contributed by atoms with Gasteiger partial charge in [-0.2, -0.15) is 0 Å². The molecule has 3 aromatic heterocycles. The number of hydrogen-bond donors (Lipinski definition) is 1. The Morgan fingerprint density at radius 1 is 1.15 bits per heavy atom. The Kier molecular flexibility index (Phi) is 4.60. The van der Waals surface area contributed by atoms with Crippen LogP contribution < -0.4 is 5.32 Å². The summed E-state index contributed by atoms with van der Waals surface area (Å²) in [4.78, 5) is 21.5. The summed E-state index contributed by atoms with van der Waals surface area (Å²) in [5, 5.41) is 4.54. The highest BCUT2D eigenvalue weighted by Gasteiger charge is 2.16. The van der Waals surface area contributed by atoms with Gasteiger partial charge in [-0.3, -0.25) is 14.8 Å². The van der Waals surface area contributed by atoms with Gasteiger partial charge in [-0.05, 0) is 35.9 Å². The summed E-state index contributed by atoms with van der Waals surface area (Å²) in [6.45, 7) is 0.409. The molecule has 0 bridgehead atoms. The van der Waals surface area contributed by atoms with Crippen molar-refractivity contribution < 1.29 is 4.79 Å². The number of rotatable bonds is 4. The van der Waals surface area contributed by atoms with E-state index in [1.165, 1.54) is 0 Å². The Balaban J connectivity index is 1.66. The van der Waals surface area contributed by atoms with E-state index in [2.05, 4.69) is 15.3 Å². The quantitative estimate of drug-likeness (QED) is 0.580. The van der Waals surface area contributed by atoms with Crippen molar-refractivity contribution in [2.45, 2.75) is 6.54 Å². The molecule has 0 aliphatic carbocycles.